The minimum atomic E-state index is -0.616. The number of halogens is 3. The van der Waals surface area contributed by atoms with Crippen LogP contribution in [0.25, 0.3) is 0 Å². The molecular weight excluding hydrogens is 284 g/mol. The zero-order valence-corrected chi connectivity index (χ0v) is 11.6. The predicted octanol–water partition coefficient (Wildman–Crippen LogP) is 4.30. The molecule has 2 nitrogen and oxygen atoms in total. The summed E-state index contributed by atoms with van der Waals surface area (Å²) in [5.74, 6) is -0.887. The lowest BCUT2D eigenvalue weighted by Gasteiger charge is -2.13. The van der Waals surface area contributed by atoms with Crippen LogP contribution in [0.1, 0.15) is 12.5 Å². The normalized spacial score (nSPS) is 12.2. The number of ether oxygens (including phenoxy) is 1. The molecule has 0 aliphatic heterocycles. The molecule has 0 heterocycles. The molecule has 0 aliphatic rings. The zero-order chi connectivity index (χ0) is 14.7. The number of para-hydroxylation sites is 1. The van der Waals surface area contributed by atoms with Crippen LogP contribution in [0, 0.1) is 11.6 Å². The Labute approximate surface area is 121 Å². The highest BCUT2D eigenvalue weighted by Crippen LogP contribution is 2.30. The molecule has 1 atom stereocenters. The van der Waals surface area contributed by atoms with Crippen LogP contribution in [0.15, 0.2) is 36.4 Å². The van der Waals surface area contributed by atoms with Crippen LogP contribution in [0.4, 0.5) is 8.78 Å². The molecule has 106 valence electrons. The van der Waals surface area contributed by atoms with Crippen LogP contribution in [-0.4, -0.2) is 6.04 Å². The number of benzene rings is 2. The molecule has 0 saturated carbocycles. The fourth-order valence-electron chi connectivity index (χ4n) is 1.83. The molecule has 2 aromatic rings. The zero-order valence-electron chi connectivity index (χ0n) is 10.9. The number of hydrogen-bond donors (Lipinski definition) is 1. The molecule has 0 spiro atoms. The van der Waals surface area contributed by atoms with Crippen molar-refractivity contribution in [3.05, 3.63) is 58.6 Å². The molecule has 20 heavy (non-hydrogen) atoms. The van der Waals surface area contributed by atoms with Crippen molar-refractivity contribution < 1.29 is 13.5 Å². The topological polar surface area (TPSA) is 35.2 Å². The molecule has 0 bridgehead atoms. The van der Waals surface area contributed by atoms with Gasteiger partial charge in [0.25, 0.3) is 0 Å². The van der Waals surface area contributed by atoms with Gasteiger partial charge in [-0.25, -0.2) is 8.78 Å². The standard InChI is InChI=1S/C15H14ClF2NO/c1-9(19)7-10-3-2-4-13(17)15(10)20-11-5-6-12(16)14(18)8-11/h2-6,8-9H,7,19H2,1H3. The fourth-order valence-corrected chi connectivity index (χ4v) is 1.95. The van der Waals surface area contributed by atoms with E-state index >= 15 is 0 Å². The summed E-state index contributed by atoms with van der Waals surface area (Å²) in [5.41, 5.74) is 6.36. The minimum Gasteiger partial charge on any atom is -0.454 e. The van der Waals surface area contributed by atoms with Gasteiger partial charge in [0.05, 0.1) is 5.02 Å². The Morgan fingerprint density at radius 1 is 1.20 bits per heavy atom. The van der Waals surface area contributed by atoms with E-state index < -0.39 is 11.6 Å². The first-order chi connectivity index (χ1) is 9.47. The van der Waals surface area contributed by atoms with Gasteiger partial charge in [-0.1, -0.05) is 23.7 Å². The lowest BCUT2D eigenvalue weighted by molar-refractivity contribution is 0.431. The van der Waals surface area contributed by atoms with Crippen LogP contribution in [0.3, 0.4) is 0 Å². The first-order valence-corrected chi connectivity index (χ1v) is 6.51. The van der Waals surface area contributed by atoms with Gasteiger partial charge in [-0.15, -0.1) is 0 Å². The molecule has 0 aliphatic carbocycles. The average molecular weight is 298 g/mol. The van der Waals surface area contributed by atoms with Gasteiger partial charge in [-0.3, -0.25) is 0 Å². The third-order valence-electron chi connectivity index (χ3n) is 2.70. The number of nitrogens with two attached hydrogens (primary N) is 1. The van der Waals surface area contributed by atoms with Gasteiger partial charge in [-0.2, -0.15) is 0 Å². The van der Waals surface area contributed by atoms with E-state index in [1.165, 1.54) is 18.2 Å². The maximum atomic E-state index is 13.9. The molecule has 0 fully saturated rings. The monoisotopic (exact) mass is 297 g/mol. The first kappa shape index (κ1) is 14.8. The Morgan fingerprint density at radius 2 is 1.95 bits per heavy atom. The molecule has 0 radical (unpaired) electrons. The summed E-state index contributed by atoms with van der Waals surface area (Å²) in [6.45, 7) is 1.82. The summed E-state index contributed by atoms with van der Waals surface area (Å²) in [5, 5.41) is -0.0123. The Bertz CT molecular complexity index is 617. The quantitative estimate of drug-likeness (QED) is 0.913. The van der Waals surface area contributed by atoms with Crippen molar-refractivity contribution in [2.24, 2.45) is 5.73 Å². The second-order valence-corrected chi connectivity index (χ2v) is 4.99. The van der Waals surface area contributed by atoms with Gasteiger partial charge in [0.15, 0.2) is 11.6 Å². The highest BCUT2D eigenvalue weighted by molar-refractivity contribution is 6.30. The van der Waals surface area contributed by atoms with Crippen molar-refractivity contribution >= 4 is 11.6 Å². The summed E-state index contributed by atoms with van der Waals surface area (Å²) in [6.07, 6.45) is 0.461. The van der Waals surface area contributed by atoms with E-state index in [1.807, 2.05) is 6.92 Å². The van der Waals surface area contributed by atoms with Crippen LogP contribution in [0.5, 0.6) is 11.5 Å². The summed E-state index contributed by atoms with van der Waals surface area (Å²) in [4.78, 5) is 0. The van der Waals surface area contributed by atoms with Gasteiger partial charge in [0.2, 0.25) is 0 Å². The molecular formula is C15H14ClF2NO. The SMILES string of the molecule is CC(N)Cc1cccc(F)c1Oc1ccc(Cl)c(F)c1. The summed E-state index contributed by atoms with van der Waals surface area (Å²) >= 11 is 5.59. The van der Waals surface area contributed by atoms with Crippen molar-refractivity contribution in [3.63, 3.8) is 0 Å². The van der Waals surface area contributed by atoms with E-state index in [0.717, 1.165) is 6.07 Å². The predicted molar refractivity (Wildman–Crippen MR) is 75.2 cm³/mol. The average Bonchev–Trinajstić information content (AvgIpc) is 2.37. The summed E-state index contributed by atoms with van der Waals surface area (Å²) in [7, 11) is 0. The fraction of sp³-hybridized carbons (Fsp3) is 0.200. The largest absolute Gasteiger partial charge is 0.454 e. The molecule has 0 aromatic heterocycles. The highest BCUT2D eigenvalue weighted by atomic mass is 35.5. The van der Waals surface area contributed by atoms with E-state index in [-0.39, 0.29) is 22.6 Å². The van der Waals surface area contributed by atoms with Crippen molar-refractivity contribution in [2.45, 2.75) is 19.4 Å². The van der Waals surface area contributed by atoms with Gasteiger partial charge >= 0.3 is 0 Å². The van der Waals surface area contributed by atoms with Crippen molar-refractivity contribution in [1.82, 2.24) is 0 Å². The molecule has 2 aromatic carbocycles. The lowest BCUT2D eigenvalue weighted by atomic mass is 10.1. The number of rotatable bonds is 4. The van der Waals surface area contributed by atoms with Crippen LogP contribution >= 0.6 is 11.6 Å². The van der Waals surface area contributed by atoms with Gasteiger partial charge in [0, 0.05) is 12.1 Å². The Hall–Kier alpha value is -1.65. The van der Waals surface area contributed by atoms with E-state index in [1.54, 1.807) is 12.1 Å². The summed E-state index contributed by atoms with van der Waals surface area (Å²) in [6, 6.07) is 8.42. The Balaban J connectivity index is 2.34. The van der Waals surface area contributed by atoms with Gasteiger partial charge < -0.3 is 10.5 Å². The number of hydrogen-bond acceptors (Lipinski definition) is 2. The molecule has 5 heteroatoms. The molecule has 0 saturated heterocycles. The van der Waals surface area contributed by atoms with Crippen LogP contribution < -0.4 is 10.5 Å². The van der Waals surface area contributed by atoms with E-state index in [9.17, 15) is 8.78 Å². The highest BCUT2D eigenvalue weighted by Gasteiger charge is 2.13. The first-order valence-electron chi connectivity index (χ1n) is 6.13. The lowest BCUT2D eigenvalue weighted by Crippen LogP contribution is -2.18. The van der Waals surface area contributed by atoms with Crippen molar-refractivity contribution in [3.8, 4) is 11.5 Å². The second kappa shape index (κ2) is 6.20. The van der Waals surface area contributed by atoms with Crippen LogP contribution in [0.2, 0.25) is 5.02 Å². The van der Waals surface area contributed by atoms with Crippen molar-refractivity contribution in [1.29, 1.82) is 0 Å². The van der Waals surface area contributed by atoms with E-state index in [0.29, 0.717) is 12.0 Å². The smallest absolute Gasteiger partial charge is 0.166 e. The maximum Gasteiger partial charge on any atom is 0.166 e. The molecule has 2 rings (SSSR count). The Morgan fingerprint density at radius 3 is 2.60 bits per heavy atom. The third-order valence-corrected chi connectivity index (χ3v) is 3.01. The van der Waals surface area contributed by atoms with Crippen molar-refractivity contribution in [2.75, 3.05) is 0 Å². The molecule has 2 N–H and O–H groups in total. The van der Waals surface area contributed by atoms with E-state index in [2.05, 4.69) is 0 Å². The Kier molecular flexibility index (Phi) is 4.57. The minimum absolute atomic E-state index is 0.0123. The maximum absolute atomic E-state index is 13.9. The van der Waals surface area contributed by atoms with Gasteiger partial charge in [-0.05, 0) is 37.1 Å². The molecule has 1 unspecified atom stereocenters. The van der Waals surface area contributed by atoms with Gasteiger partial charge in [0.1, 0.15) is 11.6 Å². The second-order valence-electron chi connectivity index (χ2n) is 4.59. The molecule has 0 amide bonds. The summed E-state index contributed by atoms with van der Waals surface area (Å²) < 4.78 is 32.7. The third kappa shape index (κ3) is 3.46. The van der Waals surface area contributed by atoms with E-state index in [4.69, 9.17) is 22.1 Å². The van der Waals surface area contributed by atoms with Crippen LogP contribution in [-0.2, 0) is 6.42 Å².